The molecule has 0 aliphatic rings. The van der Waals surface area contributed by atoms with E-state index in [1.54, 1.807) is 36.4 Å². The van der Waals surface area contributed by atoms with Crippen molar-refractivity contribution in [2.45, 2.75) is 59.9 Å². The molecule has 4 N–H and O–H groups in total. The number of aromatic nitrogens is 6. The quantitative estimate of drug-likeness (QED) is 0.220. The lowest BCUT2D eigenvalue weighted by molar-refractivity contribution is 0.282. The first-order chi connectivity index (χ1) is 19.0. The van der Waals surface area contributed by atoms with Gasteiger partial charge < -0.3 is 15.5 Å². The summed E-state index contributed by atoms with van der Waals surface area (Å²) in [6, 6.07) is 12.4. The summed E-state index contributed by atoms with van der Waals surface area (Å²) in [7, 11) is 0. The molecule has 5 aromatic rings. The highest BCUT2D eigenvalue weighted by molar-refractivity contribution is 9.10. The van der Waals surface area contributed by atoms with Crippen LogP contribution in [0.15, 0.2) is 56.7 Å². The van der Waals surface area contributed by atoms with Crippen LogP contribution >= 0.6 is 15.9 Å². The van der Waals surface area contributed by atoms with Crippen LogP contribution in [0.3, 0.4) is 0 Å². The number of aliphatic hydroxyl groups is 2. The lowest BCUT2D eigenvalue weighted by Gasteiger charge is -2.14. The minimum atomic E-state index is -0.172. The van der Waals surface area contributed by atoms with Gasteiger partial charge in [0, 0.05) is 22.5 Å². The fourth-order valence-corrected chi connectivity index (χ4v) is 4.68. The summed E-state index contributed by atoms with van der Waals surface area (Å²) < 4.78 is 3.52. The van der Waals surface area contributed by atoms with E-state index < -0.39 is 0 Å². The summed E-state index contributed by atoms with van der Waals surface area (Å²) in [5, 5.41) is 39.8. The highest BCUT2D eigenvalue weighted by atomic mass is 79.9. The third kappa shape index (κ3) is 5.98. The predicted molar refractivity (Wildman–Crippen MR) is 159 cm³/mol. The molecule has 0 fully saturated rings. The second-order valence-corrected chi connectivity index (χ2v) is 10.7. The Morgan fingerprint density at radius 2 is 1.35 bits per heavy atom. The summed E-state index contributed by atoms with van der Waals surface area (Å²) in [6.45, 7) is 9.34. The van der Waals surface area contributed by atoms with Crippen LogP contribution in [0.2, 0.25) is 0 Å². The van der Waals surface area contributed by atoms with E-state index in [0.29, 0.717) is 38.0 Å². The Hall–Kier alpha value is -3.87. The average Bonchev–Trinajstić information content (AvgIpc) is 3.35. The van der Waals surface area contributed by atoms with Gasteiger partial charge in [-0.25, -0.2) is 9.36 Å². The van der Waals surface area contributed by atoms with Gasteiger partial charge in [-0.2, -0.15) is 15.3 Å². The molecular formula is C28H32BrN7O4. The van der Waals surface area contributed by atoms with E-state index in [1.165, 1.54) is 9.36 Å². The lowest BCUT2D eigenvalue weighted by Crippen LogP contribution is -2.26. The summed E-state index contributed by atoms with van der Waals surface area (Å²) in [6.07, 6.45) is 0. The summed E-state index contributed by atoms with van der Waals surface area (Å²) in [4.78, 5) is 24.8. The molecule has 5 rings (SSSR count). The van der Waals surface area contributed by atoms with E-state index in [-0.39, 0.29) is 36.4 Å². The maximum atomic E-state index is 12.6. The molecule has 0 aliphatic carbocycles. The molecule has 0 saturated heterocycles. The number of aliphatic hydroxyl groups excluding tert-OH is 2. The van der Waals surface area contributed by atoms with Crippen molar-refractivity contribution < 1.29 is 10.2 Å². The topological polar surface area (TPSA) is 151 Å². The van der Waals surface area contributed by atoms with Gasteiger partial charge in [0.2, 0.25) is 0 Å². The SMILES string of the molecule is CC(C)n1nc(Br)c2ccc(CO)cc2c1=O.Cc1cc(Nc2nn(C(C)C)c(=O)c3cc(CO)ccc23)n[nH]1. The van der Waals surface area contributed by atoms with Crippen molar-refractivity contribution >= 4 is 49.1 Å². The molecule has 0 atom stereocenters. The summed E-state index contributed by atoms with van der Waals surface area (Å²) >= 11 is 3.36. The molecule has 0 amide bonds. The number of rotatable bonds is 6. The van der Waals surface area contributed by atoms with Gasteiger partial charge in [-0.05, 0) is 73.8 Å². The van der Waals surface area contributed by atoms with Gasteiger partial charge in [-0.3, -0.25) is 14.7 Å². The van der Waals surface area contributed by atoms with Crippen molar-refractivity contribution in [3.8, 4) is 0 Å². The third-order valence-electron chi connectivity index (χ3n) is 6.22. The summed E-state index contributed by atoms with van der Waals surface area (Å²) in [5.74, 6) is 1.20. The van der Waals surface area contributed by atoms with Crippen LogP contribution < -0.4 is 16.4 Å². The zero-order valence-electron chi connectivity index (χ0n) is 22.9. The predicted octanol–water partition coefficient (Wildman–Crippen LogP) is 4.48. The maximum Gasteiger partial charge on any atom is 0.275 e. The first-order valence-corrected chi connectivity index (χ1v) is 13.6. The van der Waals surface area contributed by atoms with Crippen LogP contribution in [0.25, 0.3) is 21.5 Å². The molecule has 210 valence electrons. The molecule has 2 aromatic carbocycles. The first kappa shape index (κ1) is 29.1. The molecule has 0 unspecified atom stereocenters. The molecule has 0 spiro atoms. The Labute approximate surface area is 238 Å². The van der Waals surface area contributed by atoms with E-state index in [1.807, 2.05) is 40.7 Å². The number of hydrogen-bond donors (Lipinski definition) is 4. The molecule has 3 heterocycles. The lowest BCUT2D eigenvalue weighted by atomic mass is 10.1. The van der Waals surface area contributed by atoms with Crippen LogP contribution in [0.1, 0.15) is 56.6 Å². The van der Waals surface area contributed by atoms with Crippen LogP contribution in [0, 0.1) is 6.92 Å². The van der Waals surface area contributed by atoms with Crippen LogP contribution in [0.4, 0.5) is 11.6 Å². The van der Waals surface area contributed by atoms with Gasteiger partial charge in [0.1, 0.15) is 4.60 Å². The van der Waals surface area contributed by atoms with E-state index in [2.05, 4.69) is 41.6 Å². The largest absolute Gasteiger partial charge is 0.392 e. The minimum Gasteiger partial charge on any atom is -0.392 e. The van der Waals surface area contributed by atoms with Gasteiger partial charge in [0.15, 0.2) is 11.6 Å². The van der Waals surface area contributed by atoms with Crippen LogP contribution in [0.5, 0.6) is 0 Å². The molecule has 12 heteroatoms. The number of nitrogens with zero attached hydrogens (tertiary/aromatic N) is 5. The monoisotopic (exact) mass is 609 g/mol. The summed E-state index contributed by atoms with van der Waals surface area (Å²) in [5.41, 5.74) is 2.04. The molecule has 11 nitrogen and oxygen atoms in total. The zero-order chi connectivity index (χ0) is 29.1. The molecule has 0 aliphatic heterocycles. The maximum absolute atomic E-state index is 12.6. The number of aryl methyl sites for hydroxylation is 1. The van der Waals surface area contributed by atoms with Crippen LogP contribution in [-0.4, -0.2) is 40.0 Å². The number of anilines is 2. The van der Waals surface area contributed by atoms with Gasteiger partial charge in [0.05, 0.1) is 36.1 Å². The van der Waals surface area contributed by atoms with Crippen molar-refractivity contribution in [1.29, 1.82) is 0 Å². The van der Waals surface area contributed by atoms with E-state index >= 15 is 0 Å². The van der Waals surface area contributed by atoms with Crippen molar-refractivity contribution in [3.63, 3.8) is 0 Å². The first-order valence-electron chi connectivity index (χ1n) is 12.8. The normalized spacial score (nSPS) is 11.3. The highest BCUT2D eigenvalue weighted by Gasteiger charge is 2.14. The fraction of sp³-hybridized carbons (Fsp3) is 0.321. The Morgan fingerprint density at radius 1 is 0.825 bits per heavy atom. The number of nitrogens with one attached hydrogen (secondary N) is 2. The van der Waals surface area contributed by atoms with E-state index in [9.17, 15) is 14.7 Å². The number of aromatic amines is 1. The van der Waals surface area contributed by atoms with Gasteiger partial charge in [0.25, 0.3) is 11.1 Å². The zero-order valence-corrected chi connectivity index (χ0v) is 24.5. The number of fused-ring (bicyclic) bond motifs is 2. The molecule has 0 radical (unpaired) electrons. The Bertz CT molecular complexity index is 1790. The highest BCUT2D eigenvalue weighted by Crippen LogP contribution is 2.24. The fourth-order valence-electron chi connectivity index (χ4n) is 4.16. The van der Waals surface area contributed by atoms with Crippen molar-refractivity contribution in [1.82, 2.24) is 29.8 Å². The Kier molecular flexibility index (Phi) is 8.82. The molecular weight excluding hydrogens is 578 g/mol. The second-order valence-electron chi connectivity index (χ2n) is 9.96. The number of H-pyrrole nitrogens is 1. The van der Waals surface area contributed by atoms with Crippen molar-refractivity contribution in [2.75, 3.05) is 5.32 Å². The molecule has 40 heavy (non-hydrogen) atoms. The van der Waals surface area contributed by atoms with E-state index in [0.717, 1.165) is 16.6 Å². The van der Waals surface area contributed by atoms with Crippen molar-refractivity contribution in [2.24, 2.45) is 0 Å². The minimum absolute atomic E-state index is 0.000910. The number of halogens is 1. The molecule has 3 aromatic heterocycles. The van der Waals surface area contributed by atoms with Gasteiger partial charge >= 0.3 is 0 Å². The van der Waals surface area contributed by atoms with Crippen LogP contribution in [-0.2, 0) is 13.2 Å². The average molecular weight is 611 g/mol. The Balaban J connectivity index is 0.000000194. The number of hydrogen-bond acceptors (Lipinski definition) is 8. The smallest absolute Gasteiger partial charge is 0.275 e. The second kappa shape index (κ2) is 12.1. The molecule has 0 saturated carbocycles. The van der Waals surface area contributed by atoms with Gasteiger partial charge in [-0.15, -0.1) is 0 Å². The number of benzene rings is 2. The molecule has 0 bridgehead atoms. The van der Waals surface area contributed by atoms with Gasteiger partial charge in [-0.1, -0.05) is 24.3 Å². The van der Waals surface area contributed by atoms with Crippen molar-refractivity contribution in [3.05, 3.63) is 84.6 Å². The standard InChI is InChI=1S/C16H19N5O2.C12H13BrN2O2/c1-9(2)21-16(23)13-7-11(8-22)4-5-12(13)15(20-21)17-14-6-10(3)18-19-14;1-7(2)15-12(17)10-5-8(6-16)3-4-9(10)11(13)14-15/h4-7,9,22H,8H2,1-3H3,(H2,17,18,19,20);3-5,7,16H,6H2,1-2H3. The Morgan fingerprint density at radius 3 is 1.85 bits per heavy atom. The third-order valence-corrected chi connectivity index (χ3v) is 6.81. The van der Waals surface area contributed by atoms with E-state index in [4.69, 9.17) is 5.11 Å².